The number of aryl methyl sites for hydroxylation is 1. The van der Waals surface area contributed by atoms with E-state index in [4.69, 9.17) is 16.1 Å². The van der Waals surface area contributed by atoms with E-state index in [9.17, 15) is 4.79 Å². The molecule has 0 fully saturated rings. The van der Waals surface area contributed by atoms with Crippen molar-refractivity contribution in [1.82, 2.24) is 19.7 Å². The quantitative estimate of drug-likeness (QED) is 0.510. The van der Waals surface area contributed by atoms with E-state index >= 15 is 0 Å². The maximum atomic E-state index is 12.8. The first-order valence-electron chi connectivity index (χ1n) is 7.55. The smallest absolute Gasteiger partial charge is 0.262 e. The fourth-order valence-electron chi connectivity index (χ4n) is 2.38. The van der Waals surface area contributed by atoms with Gasteiger partial charge in [-0.25, -0.2) is 4.98 Å². The Balaban J connectivity index is 2.11. The van der Waals surface area contributed by atoms with E-state index in [1.807, 2.05) is 20.8 Å². The van der Waals surface area contributed by atoms with Crippen molar-refractivity contribution >= 4 is 34.3 Å². The van der Waals surface area contributed by atoms with Crippen molar-refractivity contribution in [2.24, 2.45) is 0 Å². The van der Waals surface area contributed by atoms with Gasteiger partial charge in [-0.05, 0) is 45.9 Å². The van der Waals surface area contributed by atoms with E-state index < -0.39 is 0 Å². The zero-order valence-corrected chi connectivity index (χ0v) is 15.4. The lowest BCUT2D eigenvalue weighted by molar-refractivity contribution is 0.376. The number of fused-ring (bicyclic) bond motifs is 1. The van der Waals surface area contributed by atoms with E-state index in [1.165, 1.54) is 11.8 Å². The van der Waals surface area contributed by atoms with Crippen LogP contribution in [0.2, 0.25) is 5.02 Å². The Labute approximate surface area is 148 Å². The Morgan fingerprint density at radius 3 is 2.62 bits per heavy atom. The first-order valence-corrected chi connectivity index (χ1v) is 8.81. The lowest BCUT2D eigenvalue weighted by atomic mass is 10.2. The maximum absolute atomic E-state index is 12.8. The van der Waals surface area contributed by atoms with Gasteiger partial charge in [-0.15, -0.1) is 0 Å². The van der Waals surface area contributed by atoms with Gasteiger partial charge in [0.1, 0.15) is 0 Å². The third kappa shape index (κ3) is 3.18. The van der Waals surface area contributed by atoms with Crippen LogP contribution in [0.1, 0.15) is 43.8 Å². The van der Waals surface area contributed by atoms with Crippen LogP contribution in [0.5, 0.6) is 0 Å². The molecule has 0 saturated carbocycles. The van der Waals surface area contributed by atoms with Gasteiger partial charge in [0.05, 0.1) is 16.2 Å². The van der Waals surface area contributed by atoms with Gasteiger partial charge < -0.3 is 4.52 Å². The fourth-order valence-corrected chi connectivity index (χ4v) is 3.61. The monoisotopic (exact) mass is 364 g/mol. The Hall–Kier alpha value is -1.86. The molecule has 0 aliphatic heterocycles. The average molecular weight is 365 g/mol. The molecule has 0 aliphatic rings. The molecule has 1 atom stereocenters. The summed E-state index contributed by atoms with van der Waals surface area (Å²) >= 11 is 7.45. The van der Waals surface area contributed by atoms with Crippen LogP contribution >= 0.6 is 23.4 Å². The fraction of sp³-hybridized carbons (Fsp3) is 0.375. The number of benzene rings is 1. The number of halogens is 1. The van der Waals surface area contributed by atoms with Gasteiger partial charge in [0.2, 0.25) is 5.89 Å². The predicted molar refractivity (Wildman–Crippen MR) is 94.7 cm³/mol. The van der Waals surface area contributed by atoms with Crippen LogP contribution in [-0.4, -0.2) is 19.7 Å². The molecule has 2 heterocycles. The van der Waals surface area contributed by atoms with E-state index in [1.54, 1.807) is 29.7 Å². The number of aromatic nitrogens is 4. The normalized spacial score (nSPS) is 12.9. The molecular weight excluding hydrogens is 348 g/mol. The van der Waals surface area contributed by atoms with Gasteiger partial charge in [-0.2, -0.15) is 4.98 Å². The van der Waals surface area contributed by atoms with Gasteiger partial charge >= 0.3 is 0 Å². The molecule has 126 valence electrons. The lowest BCUT2D eigenvalue weighted by Gasteiger charge is -2.17. The van der Waals surface area contributed by atoms with Gasteiger partial charge in [-0.3, -0.25) is 9.36 Å². The van der Waals surface area contributed by atoms with Crippen LogP contribution in [0.4, 0.5) is 0 Å². The van der Waals surface area contributed by atoms with E-state index in [-0.39, 0.29) is 16.9 Å². The molecule has 2 aromatic heterocycles. The van der Waals surface area contributed by atoms with Crippen LogP contribution in [0.15, 0.2) is 32.7 Å². The van der Waals surface area contributed by atoms with Crippen molar-refractivity contribution in [3.8, 4) is 0 Å². The minimum atomic E-state index is -0.125. The van der Waals surface area contributed by atoms with Crippen molar-refractivity contribution in [2.45, 2.75) is 44.1 Å². The molecule has 0 N–H and O–H groups in total. The Morgan fingerprint density at radius 2 is 2.00 bits per heavy atom. The summed E-state index contributed by atoms with van der Waals surface area (Å²) in [6.45, 7) is 7.62. The third-order valence-electron chi connectivity index (χ3n) is 3.52. The Morgan fingerprint density at radius 1 is 1.25 bits per heavy atom. The summed E-state index contributed by atoms with van der Waals surface area (Å²) in [4.78, 5) is 21.7. The van der Waals surface area contributed by atoms with Crippen LogP contribution in [0.3, 0.4) is 0 Å². The topological polar surface area (TPSA) is 73.8 Å². The first-order chi connectivity index (χ1) is 11.4. The summed E-state index contributed by atoms with van der Waals surface area (Å²) in [5.74, 6) is 1.09. The molecule has 0 bridgehead atoms. The first kappa shape index (κ1) is 17.0. The number of hydrogen-bond donors (Lipinski definition) is 0. The molecule has 1 aromatic carbocycles. The zero-order chi connectivity index (χ0) is 17.4. The Kier molecular flexibility index (Phi) is 4.64. The van der Waals surface area contributed by atoms with Crippen LogP contribution in [0.25, 0.3) is 10.9 Å². The van der Waals surface area contributed by atoms with Gasteiger partial charge in [-0.1, -0.05) is 28.5 Å². The molecule has 0 radical (unpaired) electrons. The van der Waals surface area contributed by atoms with Gasteiger partial charge in [0, 0.05) is 11.1 Å². The second kappa shape index (κ2) is 6.57. The van der Waals surface area contributed by atoms with E-state index in [2.05, 4.69) is 15.1 Å². The van der Waals surface area contributed by atoms with Crippen molar-refractivity contribution < 1.29 is 4.52 Å². The van der Waals surface area contributed by atoms with E-state index in [0.717, 1.165) is 0 Å². The van der Waals surface area contributed by atoms with Gasteiger partial charge in [0.25, 0.3) is 5.56 Å². The molecule has 0 amide bonds. The molecule has 0 spiro atoms. The SMILES string of the molecule is Cc1noc(C(C)Sc2nc3cc(Cl)ccc3c(=O)n2C(C)C)n1. The number of hydrogen-bond acceptors (Lipinski definition) is 6. The largest absolute Gasteiger partial charge is 0.338 e. The molecule has 3 aromatic rings. The zero-order valence-electron chi connectivity index (χ0n) is 13.8. The minimum Gasteiger partial charge on any atom is -0.338 e. The highest BCUT2D eigenvalue weighted by Gasteiger charge is 2.20. The summed E-state index contributed by atoms with van der Waals surface area (Å²) < 4.78 is 6.90. The summed E-state index contributed by atoms with van der Waals surface area (Å²) in [5.41, 5.74) is 0.504. The molecule has 1 unspecified atom stereocenters. The molecule has 24 heavy (non-hydrogen) atoms. The number of rotatable bonds is 4. The highest BCUT2D eigenvalue weighted by molar-refractivity contribution is 7.99. The van der Waals surface area contributed by atoms with Crippen molar-refractivity contribution in [3.63, 3.8) is 0 Å². The highest BCUT2D eigenvalue weighted by atomic mass is 35.5. The molecule has 0 aliphatic carbocycles. The third-order valence-corrected chi connectivity index (χ3v) is 4.81. The predicted octanol–water partition coefficient (Wildman–Crippen LogP) is 4.18. The highest BCUT2D eigenvalue weighted by Crippen LogP contribution is 2.34. The average Bonchev–Trinajstić information content (AvgIpc) is 2.93. The van der Waals surface area contributed by atoms with Crippen LogP contribution in [-0.2, 0) is 0 Å². The van der Waals surface area contributed by atoms with Crippen molar-refractivity contribution in [2.75, 3.05) is 0 Å². The van der Waals surface area contributed by atoms with Crippen LogP contribution in [0, 0.1) is 6.92 Å². The summed E-state index contributed by atoms with van der Waals surface area (Å²) in [6.07, 6.45) is 0. The molecule has 0 saturated heterocycles. The molecule has 6 nitrogen and oxygen atoms in total. The summed E-state index contributed by atoms with van der Waals surface area (Å²) in [5, 5.41) is 5.39. The summed E-state index contributed by atoms with van der Waals surface area (Å²) in [6, 6.07) is 5.10. The molecule has 8 heteroatoms. The second-order valence-electron chi connectivity index (χ2n) is 5.76. The second-order valence-corrected chi connectivity index (χ2v) is 7.51. The summed E-state index contributed by atoms with van der Waals surface area (Å²) in [7, 11) is 0. The van der Waals surface area contributed by atoms with Crippen molar-refractivity contribution in [3.05, 3.63) is 45.3 Å². The van der Waals surface area contributed by atoms with E-state index in [0.29, 0.717) is 32.8 Å². The van der Waals surface area contributed by atoms with Crippen molar-refractivity contribution in [1.29, 1.82) is 0 Å². The maximum Gasteiger partial charge on any atom is 0.262 e. The lowest BCUT2D eigenvalue weighted by Crippen LogP contribution is -2.25. The van der Waals surface area contributed by atoms with Crippen LogP contribution < -0.4 is 5.56 Å². The molecular formula is C16H17ClN4O2S. The molecule has 3 rings (SSSR count). The number of thioether (sulfide) groups is 1. The standard InChI is InChI=1S/C16H17ClN4O2S/c1-8(2)21-15(22)12-6-5-11(17)7-13(12)19-16(21)24-9(3)14-18-10(4)20-23-14/h5-9H,1-4H3. The minimum absolute atomic E-state index is 0.0239. The number of nitrogens with zero attached hydrogens (tertiary/aromatic N) is 4. The van der Waals surface area contributed by atoms with Gasteiger partial charge in [0.15, 0.2) is 11.0 Å². The Bertz CT molecular complexity index is 951.